The lowest BCUT2D eigenvalue weighted by atomic mass is 9.84. The Hall–Kier alpha value is -2.10. The molecule has 0 amide bonds. The van der Waals surface area contributed by atoms with Crippen LogP contribution in [0.2, 0.25) is 0 Å². The molecule has 0 radical (unpaired) electrons. The first kappa shape index (κ1) is 17.7. The molecule has 0 spiro atoms. The molecule has 0 atom stereocenters. The van der Waals surface area contributed by atoms with Crippen molar-refractivity contribution in [3.05, 3.63) is 108 Å². The number of nitrogens with zero attached hydrogens (tertiary/aromatic N) is 1. The molecule has 3 heteroatoms. The molecule has 0 N–H and O–H groups in total. The first-order valence-corrected chi connectivity index (χ1v) is 9.44. The average molecular weight is 364 g/mol. The van der Waals surface area contributed by atoms with Crippen LogP contribution in [0.3, 0.4) is 0 Å². The minimum atomic E-state index is -0.384. The molecule has 0 saturated heterocycles. The highest BCUT2D eigenvalue weighted by Gasteiger charge is 2.38. The van der Waals surface area contributed by atoms with E-state index in [4.69, 9.17) is 12.2 Å². The van der Waals surface area contributed by atoms with Crippen LogP contribution in [0.1, 0.15) is 16.7 Å². The second-order valence-electron chi connectivity index (χ2n) is 6.04. The van der Waals surface area contributed by atoms with Crippen molar-refractivity contribution in [3.63, 3.8) is 0 Å². The highest BCUT2D eigenvalue weighted by atomic mass is 32.2. The molecule has 3 aromatic carbocycles. The summed E-state index contributed by atoms with van der Waals surface area (Å²) in [6.45, 7) is 0. The van der Waals surface area contributed by atoms with Gasteiger partial charge >= 0.3 is 0 Å². The van der Waals surface area contributed by atoms with Gasteiger partial charge in [-0.1, -0.05) is 115 Å². The topological polar surface area (TPSA) is 3.24 Å². The first-order chi connectivity index (χ1) is 12.1. The third kappa shape index (κ3) is 3.63. The highest BCUT2D eigenvalue weighted by Crippen LogP contribution is 2.49. The zero-order chi connectivity index (χ0) is 17.7. The van der Waals surface area contributed by atoms with Crippen molar-refractivity contribution < 1.29 is 0 Å². The van der Waals surface area contributed by atoms with Crippen LogP contribution in [-0.4, -0.2) is 23.3 Å². The Morgan fingerprint density at radius 3 is 1.28 bits per heavy atom. The van der Waals surface area contributed by atoms with E-state index in [2.05, 4.69) is 91.0 Å². The van der Waals surface area contributed by atoms with Crippen LogP contribution >= 0.6 is 24.0 Å². The van der Waals surface area contributed by atoms with E-state index >= 15 is 0 Å². The van der Waals surface area contributed by atoms with Gasteiger partial charge in [0.1, 0.15) is 4.32 Å². The van der Waals surface area contributed by atoms with E-state index in [0.717, 1.165) is 4.32 Å². The minimum absolute atomic E-state index is 0.384. The van der Waals surface area contributed by atoms with Crippen molar-refractivity contribution in [3.8, 4) is 0 Å². The Balaban J connectivity index is 2.29. The van der Waals surface area contributed by atoms with Crippen LogP contribution in [0.5, 0.6) is 0 Å². The number of benzene rings is 3. The summed E-state index contributed by atoms with van der Waals surface area (Å²) in [5.41, 5.74) is 3.67. The molecule has 1 nitrogen and oxygen atoms in total. The third-order valence-corrected chi connectivity index (χ3v) is 6.31. The quantitative estimate of drug-likeness (QED) is 0.441. The maximum atomic E-state index is 5.71. The lowest BCUT2D eigenvalue weighted by Crippen LogP contribution is -2.30. The largest absolute Gasteiger partial charge is 0.364 e. The van der Waals surface area contributed by atoms with Crippen molar-refractivity contribution in [2.24, 2.45) is 0 Å². The molecule has 3 rings (SSSR count). The van der Waals surface area contributed by atoms with Crippen molar-refractivity contribution in [1.82, 2.24) is 4.90 Å². The number of thioether (sulfide) groups is 1. The lowest BCUT2D eigenvalue weighted by molar-refractivity contribution is 0.647. The predicted octanol–water partition coefficient (Wildman–Crippen LogP) is 5.56. The van der Waals surface area contributed by atoms with Gasteiger partial charge in [0.2, 0.25) is 0 Å². The molecule has 25 heavy (non-hydrogen) atoms. The van der Waals surface area contributed by atoms with Crippen LogP contribution < -0.4 is 0 Å². The Bertz CT molecular complexity index is 718. The van der Waals surface area contributed by atoms with E-state index in [-0.39, 0.29) is 4.75 Å². The Kier molecular flexibility index (Phi) is 5.57. The molecule has 0 aliphatic heterocycles. The molecule has 0 aliphatic carbocycles. The molecule has 0 saturated carbocycles. The molecule has 0 aromatic heterocycles. The Morgan fingerprint density at radius 2 is 1.00 bits per heavy atom. The van der Waals surface area contributed by atoms with Gasteiger partial charge in [-0.2, -0.15) is 0 Å². The zero-order valence-corrected chi connectivity index (χ0v) is 16.1. The van der Waals surface area contributed by atoms with Gasteiger partial charge in [-0.3, -0.25) is 0 Å². The predicted molar refractivity (Wildman–Crippen MR) is 113 cm³/mol. The van der Waals surface area contributed by atoms with Crippen LogP contribution in [0.15, 0.2) is 91.0 Å². The summed E-state index contributed by atoms with van der Waals surface area (Å²) >= 11 is 7.43. The van der Waals surface area contributed by atoms with E-state index < -0.39 is 0 Å². The molecule has 0 aliphatic rings. The fourth-order valence-electron chi connectivity index (χ4n) is 2.92. The molecular formula is C22H21NS2. The van der Waals surface area contributed by atoms with Gasteiger partial charge in [0.05, 0.1) is 4.75 Å². The highest BCUT2D eigenvalue weighted by molar-refractivity contribution is 8.23. The smallest absolute Gasteiger partial charge is 0.137 e. The molecule has 126 valence electrons. The summed E-state index contributed by atoms with van der Waals surface area (Å²) in [5, 5.41) is 0. The fourth-order valence-corrected chi connectivity index (χ4v) is 4.50. The maximum Gasteiger partial charge on any atom is 0.137 e. The van der Waals surface area contributed by atoms with Crippen molar-refractivity contribution >= 4 is 28.3 Å². The van der Waals surface area contributed by atoms with E-state index in [1.807, 2.05) is 19.0 Å². The summed E-state index contributed by atoms with van der Waals surface area (Å²) in [6.07, 6.45) is 0. The van der Waals surface area contributed by atoms with Crippen molar-refractivity contribution in [2.75, 3.05) is 14.1 Å². The number of hydrogen-bond acceptors (Lipinski definition) is 2. The SMILES string of the molecule is CN(C)C(=S)SC(c1ccccc1)(c1ccccc1)c1ccccc1. The van der Waals surface area contributed by atoms with Gasteiger partial charge in [-0.25, -0.2) is 0 Å². The second kappa shape index (κ2) is 7.85. The van der Waals surface area contributed by atoms with Gasteiger partial charge in [-0.15, -0.1) is 0 Å². The van der Waals surface area contributed by atoms with Gasteiger partial charge in [0.25, 0.3) is 0 Å². The Morgan fingerprint density at radius 1 is 0.680 bits per heavy atom. The van der Waals surface area contributed by atoms with Crippen LogP contribution in [-0.2, 0) is 4.75 Å². The standard InChI is InChI=1S/C22H21NS2/c1-23(2)21(24)25-22(18-12-6-3-7-13-18,19-14-8-4-9-15-19)20-16-10-5-11-17-20/h3-17H,1-2H3. The second-order valence-corrected chi connectivity index (χ2v) is 7.89. The summed E-state index contributed by atoms with van der Waals surface area (Å²) in [5.74, 6) is 0. The molecule has 3 aromatic rings. The molecular weight excluding hydrogens is 342 g/mol. The number of thiocarbonyl (C=S) groups is 1. The lowest BCUT2D eigenvalue weighted by Gasteiger charge is -2.36. The number of rotatable bonds is 4. The minimum Gasteiger partial charge on any atom is -0.364 e. The summed E-state index contributed by atoms with van der Waals surface area (Å²) in [4.78, 5) is 2.00. The first-order valence-electron chi connectivity index (χ1n) is 8.21. The fraction of sp³-hybridized carbons (Fsp3) is 0.136. The monoisotopic (exact) mass is 363 g/mol. The van der Waals surface area contributed by atoms with Crippen LogP contribution in [0.25, 0.3) is 0 Å². The van der Waals surface area contributed by atoms with Gasteiger partial charge in [-0.05, 0) is 16.7 Å². The van der Waals surface area contributed by atoms with E-state index in [9.17, 15) is 0 Å². The van der Waals surface area contributed by atoms with Crippen LogP contribution in [0.4, 0.5) is 0 Å². The Labute approximate surface area is 159 Å². The summed E-state index contributed by atoms with van der Waals surface area (Å²) < 4.78 is 0.474. The van der Waals surface area contributed by atoms with Gasteiger partial charge in [0.15, 0.2) is 0 Å². The summed E-state index contributed by atoms with van der Waals surface area (Å²) in [6, 6.07) is 31.8. The third-order valence-electron chi connectivity index (χ3n) is 4.15. The zero-order valence-electron chi connectivity index (χ0n) is 14.4. The number of hydrogen-bond donors (Lipinski definition) is 0. The normalized spacial score (nSPS) is 11.1. The molecule has 0 heterocycles. The van der Waals surface area contributed by atoms with Crippen molar-refractivity contribution in [2.45, 2.75) is 4.75 Å². The average Bonchev–Trinajstić information content (AvgIpc) is 2.68. The maximum absolute atomic E-state index is 5.71. The van der Waals surface area contributed by atoms with Crippen LogP contribution in [0, 0.1) is 0 Å². The van der Waals surface area contributed by atoms with Gasteiger partial charge in [0, 0.05) is 14.1 Å². The molecule has 0 fully saturated rings. The van der Waals surface area contributed by atoms with E-state index in [1.165, 1.54) is 16.7 Å². The van der Waals surface area contributed by atoms with Crippen molar-refractivity contribution in [1.29, 1.82) is 0 Å². The molecule has 0 unspecified atom stereocenters. The van der Waals surface area contributed by atoms with E-state index in [0.29, 0.717) is 0 Å². The molecule has 0 bridgehead atoms. The van der Waals surface area contributed by atoms with Gasteiger partial charge < -0.3 is 4.90 Å². The summed E-state index contributed by atoms with van der Waals surface area (Å²) in [7, 11) is 4.00. The van der Waals surface area contributed by atoms with E-state index in [1.54, 1.807) is 11.8 Å².